The van der Waals surface area contributed by atoms with Crippen LogP contribution in [-0.4, -0.2) is 36.0 Å². The number of nitrogens with one attached hydrogen (secondary N) is 1. The standard InChI is InChI=1S/C14H15FN2O3/c1-7-2-3-17(12(7)6-18)11-5-10-8(4-9(11)15)13(19)14(20)16-10/h4-5,7,12,18H,2-3,6H2,1H3,(H,16,19,20). The summed E-state index contributed by atoms with van der Waals surface area (Å²) in [5, 5.41) is 11.9. The maximum absolute atomic E-state index is 14.2. The molecule has 1 amide bonds. The van der Waals surface area contributed by atoms with Gasteiger partial charge in [-0.3, -0.25) is 9.59 Å². The topological polar surface area (TPSA) is 69.6 Å². The van der Waals surface area contributed by atoms with Crippen LogP contribution in [-0.2, 0) is 4.79 Å². The van der Waals surface area contributed by atoms with Gasteiger partial charge < -0.3 is 15.3 Å². The second-order valence-electron chi connectivity index (χ2n) is 5.34. The van der Waals surface area contributed by atoms with E-state index in [9.17, 15) is 19.1 Å². The van der Waals surface area contributed by atoms with Gasteiger partial charge in [-0.15, -0.1) is 0 Å². The fraction of sp³-hybridized carbons (Fsp3) is 0.429. The van der Waals surface area contributed by atoms with Gasteiger partial charge in [-0.05, 0) is 24.5 Å². The molecule has 6 heteroatoms. The number of halogens is 1. The number of benzene rings is 1. The van der Waals surface area contributed by atoms with Crippen molar-refractivity contribution in [2.24, 2.45) is 5.92 Å². The van der Waals surface area contributed by atoms with Crippen LogP contribution in [0.4, 0.5) is 15.8 Å². The van der Waals surface area contributed by atoms with Crippen LogP contribution >= 0.6 is 0 Å². The Kier molecular flexibility index (Phi) is 2.97. The summed E-state index contributed by atoms with van der Waals surface area (Å²) in [5.74, 6) is -1.71. The summed E-state index contributed by atoms with van der Waals surface area (Å²) >= 11 is 0. The summed E-state index contributed by atoms with van der Waals surface area (Å²) in [5.41, 5.74) is 0.735. The first kappa shape index (κ1) is 13.1. The molecule has 106 valence electrons. The molecule has 0 bridgehead atoms. The van der Waals surface area contributed by atoms with Crippen molar-refractivity contribution in [1.82, 2.24) is 0 Å². The molecular formula is C14H15FN2O3. The van der Waals surface area contributed by atoms with Crippen LogP contribution in [0.2, 0.25) is 0 Å². The monoisotopic (exact) mass is 278 g/mol. The molecule has 2 N–H and O–H groups in total. The summed E-state index contributed by atoms with van der Waals surface area (Å²) in [4.78, 5) is 24.6. The van der Waals surface area contributed by atoms with Gasteiger partial charge in [-0.2, -0.15) is 0 Å². The summed E-state index contributed by atoms with van der Waals surface area (Å²) in [6.07, 6.45) is 0.868. The van der Waals surface area contributed by atoms with E-state index in [1.807, 2.05) is 6.92 Å². The number of carbonyl (C=O) groups excluding carboxylic acids is 2. The number of amides is 1. The van der Waals surface area contributed by atoms with Gasteiger partial charge in [-0.25, -0.2) is 4.39 Å². The molecule has 0 aromatic heterocycles. The highest BCUT2D eigenvalue weighted by atomic mass is 19.1. The molecule has 0 saturated carbocycles. The third kappa shape index (κ3) is 1.79. The van der Waals surface area contributed by atoms with E-state index in [-0.39, 0.29) is 24.1 Å². The minimum atomic E-state index is -0.731. The minimum absolute atomic E-state index is 0.0526. The number of hydrogen-bond donors (Lipinski definition) is 2. The lowest BCUT2D eigenvalue weighted by molar-refractivity contribution is -0.112. The number of aliphatic hydroxyl groups excluding tert-OH is 1. The van der Waals surface area contributed by atoms with Gasteiger partial charge in [0.2, 0.25) is 0 Å². The molecule has 2 aliphatic heterocycles. The molecule has 2 aliphatic rings. The summed E-state index contributed by atoms with van der Waals surface area (Å²) in [7, 11) is 0. The molecule has 5 nitrogen and oxygen atoms in total. The molecule has 0 spiro atoms. The fourth-order valence-corrected chi connectivity index (χ4v) is 2.96. The maximum Gasteiger partial charge on any atom is 0.296 e. The molecular weight excluding hydrogens is 263 g/mol. The average molecular weight is 278 g/mol. The molecule has 0 aliphatic carbocycles. The molecule has 2 atom stereocenters. The highest BCUT2D eigenvalue weighted by Crippen LogP contribution is 2.36. The van der Waals surface area contributed by atoms with Gasteiger partial charge in [0.15, 0.2) is 0 Å². The van der Waals surface area contributed by atoms with Gasteiger partial charge >= 0.3 is 0 Å². The third-order valence-electron chi connectivity index (χ3n) is 4.17. The molecule has 1 aromatic rings. The molecule has 2 heterocycles. The van der Waals surface area contributed by atoms with Crippen molar-refractivity contribution in [2.45, 2.75) is 19.4 Å². The van der Waals surface area contributed by atoms with E-state index >= 15 is 0 Å². The number of carbonyl (C=O) groups is 2. The number of hydrogen-bond acceptors (Lipinski definition) is 4. The molecule has 3 rings (SSSR count). The number of fused-ring (bicyclic) bond motifs is 1. The zero-order valence-electron chi connectivity index (χ0n) is 11.0. The number of nitrogens with zero attached hydrogens (tertiary/aromatic N) is 1. The summed E-state index contributed by atoms with van der Waals surface area (Å²) < 4.78 is 14.2. The SMILES string of the molecule is CC1CCN(c2cc3c(cc2F)C(=O)C(=O)N3)C1CO. The maximum atomic E-state index is 14.2. The molecule has 1 saturated heterocycles. The number of anilines is 2. The quantitative estimate of drug-likeness (QED) is 0.797. The zero-order valence-corrected chi connectivity index (χ0v) is 11.0. The van der Waals surface area contributed by atoms with Crippen molar-refractivity contribution in [3.8, 4) is 0 Å². The highest BCUT2D eigenvalue weighted by Gasteiger charge is 2.35. The first-order chi connectivity index (χ1) is 9.52. The number of Topliss-reactive ketones (excluding diaryl/α,β-unsaturated/α-hetero) is 1. The van der Waals surface area contributed by atoms with Crippen LogP contribution in [0, 0.1) is 11.7 Å². The highest BCUT2D eigenvalue weighted by molar-refractivity contribution is 6.51. The van der Waals surface area contributed by atoms with E-state index in [4.69, 9.17) is 0 Å². The molecule has 20 heavy (non-hydrogen) atoms. The van der Waals surface area contributed by atoms with Crippen LogP contribution in [0.3, 0.4) is 0 Å². The zero-order chi connectivity index (χ0) is 14.4. The number of ketones is 1. The smallest absolute Gasteiger partial charge is 0.296 e. The van der Waals surface area contributed by atoms with E-state index in [1.54, 1.807) is 4.90 Å². The molecule has 0 radical (unpaired) electrons. The van der Waals surface area contributed by atoms with Crippen molar-refractivity contribution >= 4 is 23.1 Å². The number of aliphatic hydroxyl groups is 1. The largest absolute Gasteiger partial charge is 0.394 e. The van der Waals surface area contributed by atoms with Crippen molar-refractivity contribution in [2.75, 3.05) is 23.4 Å². The van der Waals surface area contributed by atoms with Gasteiger partial charge in [0, 0.05) is 6.54 Å². The average Bonchev–Trinajstić information content (AvgIpc) is 2.91. The van der Waals surface area contributed by atoms with Crippen molar-refractivity contribution in [3.05, 3.63) is 23.5 Å². The van der Waals surface area contributed by atoms with Crippen LogP contribution in [0.25, 0.3) is 0 Å². The van der Waals surface area contributed by atoms with Gasteiger partial charge in [0.1, 0.15) is 5.82 Å². The fourth-order valence-electron chi connectivity index (χ4n) is 2.96. The summed E-state index contributed by atoms with van der Waals surface area (Å²) in [6, 6.07) is 2.44. The second kappa shape index (κ2) is 4.56. The van der Waals surface area contributed by atoms with Crippen molar-refractivity contribution in [3.63, 3.8) is 0 Å². The Hall–Kier alpha value is -1.95. The normalized spacial score (nSPS) is 25.1. The van der Waals surface area contributed by atoms with Crippen molar-refractivity contribution < 1.29 is 19.1 Å². The minimum Gasteiger partial charge on any atom is -0.394 e. The van der Waals surface area contributed by atoms with E-state index in [0.717, 1.165) is 12.5 Å². The Morgan fingerprint density at radius 1 is 1.45 bits per heavy atom. The Labute approximate surface area is 115 Å². The van der Waals surface area contributed by atoms with Gasteiger partial charge in [-0.1, -0.05) is 6.92 Å². The number of rotatable bonds is 2. The first-order valence-electron chi connectivity index (χ1n) is 6.59. The van der Waals surface area contributed by atoms with Crippen LogP contribution < -0.4 is 10.2 Å². The molecule has 1 fully saturated rings. The lowest BCUT2D eigenvalue weighted by atomic mass is 10.0. The third-order valence-corrected chi connectivity index (χ3v) is 4.17. The van der Waals surface area contributed by atoms with Crippen LogP contribution in [0.15, 0.2) is 12.1 Å². The predicted molar refractivity (Wildman–Crippen MR) is 71.4 cm³/mol. The Morgan fingerprint density at radius 2 is 2.20 bits per heavy atom. The predicted octanol–water partition coefficient (Wildman–Crippen LogP) is 1.17. The van der Waals surface area contributed by atoms with Gasteiger partial charge in [0.05, 0.1) is 29.6 Å². The van der Waals surface area contributed by atoms with Crippen molar-refractivity contribution in [1.29, 1.82) is 0 Å². The lowest BCUT2D eigenvalue weighted by Crippen LogP contribution is -2.35. The first-order valence-corrected chi connectivity index (χ1v) is 6.59. The van der Waals surface area contributed by atoms with E-state index in [2.05, 4.69) is 5.32 Å². The lowest BCUT2D eigenvalue weighted by Gasteiger charge is -2.28. The summed E-state index contributed by atoms with van der Waals surface area (Å²) in [6.45, 7) is 2.60. The van der Waals surface area contributed by atoms with E-state index in [0.29, 0.717) is 17.9 Å². The Balaban J connectivity index is 2.02. The van der Waals surface area contributed by atoms with Crippen LogP contribution in [0.1, 0.15) is 23.7 Å². The molecule has 2 unspecified atom stereocenters. The second-order valence-corrected chi connectivity index (χ2v) is 5.34. The van der Waals surface area contributed by atoms with Crippen LogP contribution in [0.5, 0.6) is 0 Å². The van der Waals surface area contributed by atoms with E-state index in [1.165, 1.54) is 6.07 Å². The Morgan fingerprint density at radius 3 is 2.90 bits per heavy atom. The van der Waals surface area contributed by atoms with E-state index < -0.39 is 17.5 Å². The molecule has 1 aromatic carbocycles. The van der Waals surface area contributed by atoms with Gasteiger partial charge in [0.25, 0.3) is 11.7 Å². The Bertz CT molecular complexity index is 602.